The molecule has 5 nitrogen and oxygen atoms in total. The first-order valence-electron chi connectivity index (χ1n) is 16.4. The van der Waals surface area contributed by atoms with Gasteiger partial charge >= 0.3 is 0 Å². The van der Waals surface area contributed by atoms with Gasteiger partial charge in [0.05, 0.1) is 28.3 Å². The second-order valence-corrected chi connectivity index (χ2v) is 12.4. The van der Waals surface area contributed by atoms with E-state index in [1.54, 1.807) is 0 Å². The van der Waals surface area contributed by atoms with Crippen molar-refractivity contribution in [2.45, 2.75) is 12.0 Å². The number of nitrogens with zero attached hydrogens (tertiary/aromatic N) is 5. The van der Waals surface area contributed by atoms with Crippen LogP contribution >= 0.6 is 0 Å². The van der Waals surface area contributed by atoms with E-state index < -0.39 is 0 Å². The predicted octanol–water partition coefficient (Wildman–Crippen LogP) is 10.0. The van der Waals surface area contributed by atoms with Gasteiger partial charge in [-0.3, -0.25) is 4.90 Å². The lowest BCUT2D eigenvalue weighted by molar-refractivity contribution is 0.732. The molecule has 10 rings (SSSR count). The van der Waals surface area contributed by atoms with E-state index in [4.69, 9.17) is 15.0 Å². The molecule has 0 spiro atoms. The third-order valence-corrected chi connectivity index (χ3v) is 9.78. The van der Waals surface area contributed by atoms with E-state index in [-0.39, 0.29) is 12.0 Å². The summed E-state index contributed by atoms with van der Waals surface area (Å²) in [5.74, 6) is 1.65. The molecule has 226 valence electrons. The zero-order valence-electron chi connectivity index (χ0n) is 26.0. The number of pyridine rings is 1. The van der Waals surface area contributed by atoms with Crippen LogP contribution in [0.1, 0.15) is 17.0 Å². The molecule has 1 aliphatic heterocycles. The first kappa shape index (κ1) is 26.8. The fraction of sp³-hybridized carbons (Fsp3) is 0.0465. The molecule has 0 saturated carbocycles. The Kier molecular flexibility index (Phi) is 5.93. The SMILES string of the molecule is C1=CC2C(C=C1c1cccc3c1c1ccccc1n3-c1ccccc1)c1cccnc1N2c1nc(-c2ccccc2)c2ccccc2n1. The molecule has 2 unspecified atom stereocenters. The Balaban J connectivity index is 1.14. The van der Waals surface area contributed by atoms with Gasteiger partial charge < -0.3 is 4.57 Å². The molecule has 3 aromatic heterocycles. The van der Waals surface area contributed by atoms with Crippen molar-refractivity contribution in [2.75, 3.05) is 4.90 Å². The number of anilines is 2. The molecular formula is C43H29N5. The van der Waals surface area contributed by atoms with Gasteiger partial charge in [-0.05, 0) is 47.5 Å². The molecule has 0 radical (unpaired) electrons. The second-order valence-electron chi connectivity index (χ2n) is 12.4. The normalized spacial score (nSPS) is 16.8. The maximum absolute atomic E-state index is 5.24. The van der Waals surface area contributed by atoms with Gasteiger partial charge in [0, 0.05) is 45.1 Å². The molecule has 2 atom stereocenters. The Morgan fingerprint density at radius 1 is 0.604 bits per heavy atom. The zero-order valence-corrected chi connectivity index (χ0v) is 26.0. The average molecular weight is 616 g/mol. The molecule has 2 aliphatic rings. The smallest absolute Gasteiger partial charge is 0.232 e. The molecule has 0 fully saturated rings. The summed E-state index contributed by atoms with van der Waals surface area (Å²) < 4.78 is 2.38. The Morgan fingerprint density at radius 3 is 2.23 bits per heavy atom. The number of hydrogen-bond acceptors (Lipinski definition) is 4. The van der Waals surface area contributed by atoms with Crippen molar-refractivity contribution in [1.29, 1.82) is 0 Å². The lowest BCUT2D eigenvalue weighted by Crippen LogP contribution is -2.30. The van der Waals surface area contributed by atoms with E-state index in [1.807, 2.05) is 24.4 Å². The number of fused-ring (bicyclic) bond motifs is 7. The van der Waals surface area contributed by atoms with Crippen LogP contribution in [-0.2, 0) is 0 Å². The van der Waals surface area contributed by atoms with Crippen LogP contribution in [0, 0.1) is 0 Å². The maximum Gasteiger partial charge on any atom is 0.232 e. The first-order chi connectivity index (χ1) is 23.8. The summed E-state index contributed by atoms with van der Waals surface area (Å²) in [5.41, 5.74) is 10.1. The summed E-state index contributed by atoms with van der Waals surface area (Å²) >= 11 is 0. The summed E-state index contributed by atoms with van der Waals surface area (Å²) in [7, 11) is 0. The van der Waals surface area contributed by atoms with Gasteiger partial charge in [-0.2, -0.15) is 0 Å². The molecule has 8 aromatic rings. The number of hydrogen-bond donors (Lipinski definition) is 0. The minimum atomic E-state index is -0.00620. The van der Waals surface area contributed by atoms with Crippen molar-refractivity contribution < 1.29 is 0 Å². The van der Waals surface area contributed by atoms with Crippen molar-refractivity contribution in [3.63, 3.8) is 0 Å². The minimum absolute atomic E-state index is 0.00620. The molecule has 48 heavy (non-hydrogen) atoms. The summed E-state index contributed by atoms with van der Waals surface area (Å²) in [6.45, 7) is 0. The monoisotopic (exact) mass is 615 g/mol. The van der Waals surface area contributed by atoms with E-state index in [2.05, 4.69) is 149 Å². The van der Waals surface area contributed by atoms with E-state index in [0.29, 0.717) is 5.95 Å². The molecular weight excluding hydrogens is 587 g/mol. The molecule has 4 heterocycles. The highest BCUT2D eigenvalue weighted by Gasteiger charge is 2.41. The average Bonchev–Trinajstić information content (AvgIpc) is 3.68. The molecule has 5 aromatic carbocycles. The summed E-state index contributed by atoms with van der Waals surface area (Å²) in [6, 6.07) is 48.9. The number of benzene rings is 5. The standard InChI is InChI=1S/C43H29N5/c1-3-13-28(14-4-1)41-33-17-7-9-21-36(33)45-43(46-41)48-38-25-24-29(27-35(38)32-20-12-26-44-42(32)48)31-19-11-23-39-40(31)34-18-8-10-22-37(34)47(39)30-15-5-2-6-16-30/h1-27,35,38H. The van der Waals surface area contributed by atoms with Gasteiger partial charge in [0.1, 0.15) is 5.82 Å². The fourth-order valence-electron chi connectivity index (χ4n) is 7.71. The Labute approximate surface area is 277 Å². The van der Waals surface area contributed by atoms with Crippen molar-refractivity contribution in [1.82, 2.24) is 19.5 Å². The van der Waals surface area contributed by atoms with Crippen LogP contribution in [-0.4, -0.2) is 25.6 Å². The zero-order chi connectivity index (χ0) is 31.6. The van der Waals surface area contributed by atoms with E-state index in [0.717, 1.165) is 33.7 Å². The van der Waals surface area contributed by atoms with Crippen LogP contribution in [0.15, 0.2) is 164 Å². The number of allylic oxidation sites excluding steroid dienone is 2. The highest BCUT2D eigenvalue weighted by Crippen LogP contribution is 2.49. The van der Waals surface area contributed by atoms with Crippen LogP contribution in [0.2, 0.25) is 0 Å². The van der Waals surface area contributed by atoms with Gasteiger partial charge in [-0.1, -0.05) is 121 Å². The largest absolute Gasteiger partial charge is 0.309 e. The lowest BCUT2D eigenvalue weighted by Gasteiger charge is -2.28. The van der Waals surface area contributed by atoms with Crippen molar-refractivity contribution in [3.8, 4) is 16.9 Å². The van der Waals surface area contributed by atoms with Crippen LogP contribution in [0.3, 0.4) is 0 Å². The lowest BCUT2D eigenvalue weighted by atomic mass is 9.85. The van der Waals surface area contributed by atoms with Gasteiger partial charge in [-0.15, -0.1) is 0 Å². The van der Waals surface area contributed by atoms with Crippen LogP contribution in [0.4, 0.5) is 11.8 Å². The number of rotatable bonds is 4. The van der Waals surface area contributed by atoms with E-state index in [9.17, 15) is 0 Å². The van der Waals surface area contributed by atoms with Crippen molar-refractivity contribution in [2.24, 2.45) is 0 Å². The summed E-state index contributed by atoms with van der Waals surface area (Å²) in [4.78, 5) is 17.5. The Hall–Kier alpha value is -6.33. The number of aromatic nitrogens is 4. The highest BCUT2D eigenvalue weighted by atomic mass is 15.3. The van der Waals surface area contributed by atoms with Crippen molar-refractivity contribution >= 4 is 50.0 Å². The first-order valence-corrected chi connectivity index (χ1v) is 16.4. The Bertz CT molecular complexity index is 2580. The maximum atomic E-state index is 5.24. The second kappa shape index (κ2) is 10.6. The van der Waals surface area contributed by atoms with E-state index in [1.165, 1.54) is 38.5 Å². The molecule has 1 aliphatic carbocycles. The van der Waals surface area contributed by atoms with E-state index >= 15 is 0 Å². The number of para-hydroxylation sites is 3. The highest BCUT2D eigenvalue weighted by molar-refractivity contribution is 6.14. The van der Waals surface area contributed by atoms with Gasteiger partial charge in [0.15, 0.2) is 0 Å². The fourth-order valence-corrected chi connectivity index (χ4v) is 7.71. The summed E-state index contributed by atoms with van der Waals surface area (Å²) in [6.07, 6.45) is 8.89. The van der Waals surface area contributed by atoms with Crippen LogP contribution in [0.25, 0.3) is 55.2 Å². The van der Waals surface area contributed by atoms with Gasteiger partial charge in [-0.25, -0.2) is 15.0 Å². The molecule has 0 N–H and O–H groups in total. The van der Waals surface area contributed by atoms with Crippen LogP contribution < -0.4 is 4.90 Å². The molecule has 0 amide bonds. The third kappa shape index (κ3) is 4.01. The summed E-state index contributed by atoms with van der Waals surface area (Å²) in [5, 5.41) is 3.54. The van der Waals surface area contributed by atoms with Gasteiger partial charge in [0.2, 0.25) is 5.95 Å². The molecule has 5 heteroatoms. The third-order valence-electron chi connectivity index (χ3n) is 9.78. The molecule has 0 saturated heterocycles. The molecule has 0 bridgehead atoms. The van der Waals surface area contributed by atoms with Crippen LogP contribution in [0.5, 0.6) is 0 Å². The quantitative estimate of drug-likeness (QED) is 0.198. The predicted molar refractivity (Wildman–Crippen MR) is 196 cm³/mol. The topological polar surface area (TPSA) is 46.8 Å². The minimum Gasteiger partial charge on any atom is -0.309 e. The van der Waals surface area contributed by atoms with Gasteiger partial charge in [0.25, 0.3) is 0 Å². The Morgan fingerprint density at radius 2 is 1.35 bits per heavy atom. The van der Waals surface area contributed by atoms with Crippen molar-refractivity contribution in [3.05, 3.63) is 175 Å².